The van der Waals surface area contributed by atoms with Crippen LogP contribution < -0.4 is 0 Å². The summed E-state index contributed by atoms with van der Waals surface area (Å²) in [6.45, 7) is 4.14. The van der Waals surface area contributed by atoms with Gasteiger partial charge in [0, 0.05) is 27.8 Å². The Bertz CT molecular complexity index is 2470. The van der Waals surface area contributed by atoms with E-state index in [4.69, 9.17) is 24.4 Å². The molecule has 0 N–H and O–H groups in total. The Morgan fingerprint density at radius 3 is 1.86 bits per heavy atom. The number of benzene rings is 6. The van der Waals surface area contributed by atoms with Crippen molar-refractivity contribution in [3.63, 3.8) is 0 Å². The van der Waals surface area contributed by atoms with Crippen molar-refractivity contribution in [3.8, 4) is 33.8 Å². The molecule has 0 aliphatic rings. The van der Waals surface area contributed by atoms with Crippen molar-refractivity contribution >= 4 is 33.6 Å². The first-order chi connectivity index (χ1) is 24.6. The average Bonchev–Trinajstić information content (AvgIpc) is 3.56. The lowest BCUT2D eigenvalue weighted by Gasteiger charge is -2.11. The second kappa shape index (κ2) is 13.6. The topological polar surface area (TPSA) is 63.6 Å². The highest BCUT2D eigenvalue weighted by molar-refractivity contribution is 6.12. The van der Waals surface area contributed by atoms with Crippen LogP contribution in [0.25, 0.3) is 55.8 Å². The van der Waals surface area contributed by atoms with Gasteiger partial charge in [-0.05, 0) is 48.2 Å². The molecule has 8 rings (SSSR count). The third-order valence-corrected chi connectivity index (χ3v) is 8.93. The normalized spacial score (nSPS) is 12.8. The smallest absolute Gasteiger partial charge is 0.180 e. The van der Waals surface area contributed by atoms with Crippen LogP contribution in [-0.2, 0) is 0 Å². The Kier molecular flexibility index (Phi) is 8.37. The van der Waals surface area contributed by atoms with Gasteiger partial charge in [0.25, 0.3) is 0 Å². The Labute approximate surface area is 291 Å². The number of fused-ring (bicyclic) bond motifs is 3. The zero-order chi connectivity index (χ0) is 33.9. The summed E-state index contributed by atoms with van der Waals surface area (Å²) in [5.74, 6) is 1.36. The predicted molar refractivity (Wildman–Crippen MR) is 206 cm³/mol. The SMILES string of the molecule is CC(=NC(=NC(C)c1ccccc1)c1ccc(-c2ccc3oc4c(-c5ccccc5)nc(-c5ccccc5)nc4c3c2)cc1)c1ccccc1. The lowest BCUT2D eigenvalue weighted by atomic mass is 10.0. The Morgan fingerprint density at radius 1 is 0.580 bits per heavy atom. The summed E-state index contributed by atoms with van der Waals surface area (Å²) < 4.78 is 6.46. The Balaban J connectivity index is 1.20. The molecule has 0 fully saturated rings. The van der Waals surface area contributed by atoms with Crippen LogP contribution >= 0.6 is 0 Å². The number of rotatable bonds is 7. The van der Waals surface area contributed by atoms with Gasteiger partial charge in [0.15, 0.2) is 17.2 Å². The molecule has 5 heteroatoms. The van der Waals surface area contributed by atoms with Crippen molar-refractivity contribution in [1.29, 1.82) is 0 Å². The van der Waals surface area contributed by atoms with Crippen LogP contribution in [0.2, 0.25) is 0 Å². The second-order valence-corrected chi connectivity index (χ2v) is 12.3. The van der Waals surface area contributed by atoms with Crippen LogP contribution in [0.5, 0.6) is 0 Å². The van der Waals surface area contributed by atoms with Gasteiger partial charge in [0.2, 0.25) is 0 Å². The molecule has 0 radical (unpaired) electrons. The summed E-state index contributed by atoms with van der Waals surface area (Å²) in [5.41, 5.74) is 11.2. The van der Waals surface area contributed by atoms with E-state index >= 15 is 0 Å². The van der Waals surface area contributed by atoms with Crippen molar-refractivity contribution in [2.45, 2.75) is 19.9 Å². The molecule has 5 nitrogen and oxygen atoms in total. The Morgan fingerprint density at radius 2 is 1.18 bits per heavy atom. The molecule has 0 saturated carbocycles. The molecular formula is C45H34N4O. The molecule has 6 aromatic carbocycles. The van der Waals surface area contributed by atoms with Crippen LogP contribution in [0.4, 0.5) is 0 Å². The van der Waals surface area contributed by atoms with E-state index < -0.39 is 0 Å². The first-order valence-corrected chi connectivity index (χ1v) is 16.8. The molecule has 0 spiro atoms. The van der Waals surface area contributed by atoms with E-state index in [9.17, 15) is 0 Å². The summed E-state index contributed by atoms with van der Waals surface area (Å²) in [5, 5.41) is 0.945. The van der Waals surface area contributed by atoms with Crippen LogP contribution in [-0.4, -0.2) is 21.5 Å². The highest BCUT2D eigenvalue weighted by atomic mass is 16.3. The fourth-order valence-electron chi connectivity index (χ4n) is 6.20. The van der Waals surface area contributed by atoms with Crippen molar-refractivity contribution in [2.24, 2.45) is 9.98 Å². The van der Waals surface area contributed by atoms with Gasteiger partial charge in [-0.2, -0.15) is 0 Å². The molecule has 1 unspecified atom stereocenters. The molecule has 0 aliphatic heterocycles. The van der Waals surface area contributed by atoms with Gasteiger partial charge in [-0.1, -0.05) is 152 Å². The maximum atomic E-state index is 6.46. The molecule has 2 aromatic heterocycles. The fourth-order valence-corrected chi connectivity index (χ4v) is 6.20. The first-order valence-electron chi connectivity index (χ1n) is 16.8. The number of amidine groups is 1. The lowest BCUT2D eigenvalue weighted by molar-refractivity contribution is 0.667. The minimum Gasteiger partial charge on any atom is -0.452 e. The average molecular weight is 647 g/mol. The lowest BCUT2D eigenvalue weighted by Crippen LogP contribution is -2.06. The van der Waals surface area contributed by atoms with Crippen LogP contribution in [0.3, 0.4) is 0 Å². The van der Waals surface area contributed by atoms with Crippen molar-refractivity contribution in [3.05, 3.63) is 180 Å². The molecule has 8 aromatic rings. The van der Waals surface area contributed by atoms with Crippen LogP contribution in [0, 0.1) is 0 Å². The molecule has 0 amide bonds. The number of nitrogens with zero attached hydrogens (tertiary/aromatic N) is 4. The summed E-state index contributed by atoms with van der Waals surface area (Å²) in [6.07, 6.45) is 0. The van der Waals surface area contributed by atoms with E-state index in [-0.39, 0.29) is 6.04 Å². The largest absolute Gasteiger partial charge is 0.452 e. The van der Waals surface area contributed by atoms with E-state index in [1.54, 1.807) is 0 Å². The summed E-state index contributed by atoms with van der Waals surface area (Å²) in [6, 6.07) is 55.5. The molecular weight excluding hydrogens is 613 g/mol. The molecule has 240 valence electrons. The predicted octanol–water partition coefficient (Wildman–Crippen LogP) is 11.4. The highest BCUT2D eigenvalue weighted by Crippen LogP contribution is 2.37. The number of furan rings is 1. The third-order valence-electron chi connectivity index (χ3n) is 8.93. The molecule has 0 aliphatic carbocycles. The van der Waals surface area contributed by atoms with E-state index in [1.807, 2.05) is 97.9 Å². The van der Waals surface area contributed by atoms with Gasteiger partial charge in [-0.25, -0.2) is 15.0 Å². The van der Waals surface area contributed by atoms with E-state index in [0.717, 1.165) is 66.8 Å². The van der Waals surface area contributed by atoms with Crippen molar-refractivity contribution in [2.75, 3.05) is 0 Å². The van der Waals surface area contributed by atoms with Crippen LogP contribution in [0.15, 0.2) is 178 Å². The van der Waals surface area contributed by atoms with E-state index in [2.05, 4.69) is 79.7 Å². The van der Waals surface area contributed by atoms with Gasteiger partial charge < -0.3 is 4.42 Å². The zero-order valence-electron chi connectivity index (χ0n) is 27.9. The number of hydrogen-bond donors (Lipinski definition) is 0. The fraction of sp³-hybridized carbons (Fsp3) is 0.0667. The van der Waals surface area contributed by atoms with Gasteiger partial charge in [0.1, 0.15) is 16.8 Å². The van der Waals surface area contributed by atoms with Crippen LogP contribution in [0.1, 0.15) is 36.6 Å². The first kappa shape index (κ1) is 30.8. The second-order valence-electron chi connectivity index (χ2n) is 12.3. The minimum absolute atomic E-state index is 0.0569. The third kappa shape index (κ3) is 6.25. The molecule has 0 saturated heterocycles. The monoisotopic (exact) mass is 646 g/mol. The van der Waals surface area contributed by atoms with Crippen molar-refractivity contribution in [1.82, 2.24) is 9.97 Å². The summed E-state index contributed by atoms with van der Waals surface area (Å²) in [7, 11) is 0. The quantitative estimate of drug-likeness (QED) is 0.128. The standard InChI is InChI=1S/C45H34N4O/c1-30(32-15-7-3-8-16-32)46-44(47-31(2)33-17-9-4-10-18-33)37-25-23-34(24-26-37)38-27-28-40-39(29-38)42-43(50-40)41(35-19-11-5-12-20-35)48-45(49-42)36-21-13-6-14-22-36/h3-30H,1-2H3. The number of aromatic nitrogens is 2. The maximum absolute atomic E-state index is 6.46. The van der Waals surface area contributed by atoms with Gasteiger partial charge >= 0.3 is 0 Å². The highest BCUT2D eigenvalue weighted by Gasteiger charge is 2.19. The van der Waals surface area contributed by atoms with E-state index in [0.29, 0.717) is 17.2 Å². The van der Waals surface area contributed by atoms with Gasteiger partial charge in [-0.3, -0.25) is 4.99 Å². The zero-order valence-corrected chi connectivity index (χ0v) is 27.9. The minimum atomic E-state index is -0.0569. The van der Waals surface area contributed by atoms with Gasteiger partial charge in [0.05, 0.1) is 6.04 Å². The summed E-state index contributed by atoms with van der Waals surface area (Å²) in [4.78, 5) is 20.2. The summed E-state index contributed by atoms with van der Waals surface area (Å²) >= 11 is 0. The maximum Gasteiger partial charge on any atom is 0.180 e. The molecule has 1 atom stereocenters. The molecule has 2 heterocycles. The molecule has 0 bridgehead atoms. The Hall–Kier alpha value is -6.46. The van der Waals surface area contributed by atoms with Crippen molar-refractivity contribution < 1.29 is 4.42 Å². The van der Waals surface area contributed by atoms with E-state index in [1.165, 1.54) is 0 Å². The number of hydrogen-bond acceptors (Lipinski definition) is 4. The molecule has 50 heavy (non-hydrogen) atoms. The van der Waals surface area contributed by atoms with Gasteiger partial charge in [-0.15, -0.1) is 0 Å². The number of aliphatic imine (C=N–C) groups is 2.